The maximum atomic E-state index is 12.8. The molecular formula is C25H23F3N2O2. The van der Waals surface area contributed by atoms with Crippen LogP contribution in [-0.2, 0) is 34.3 Å². The Bertz CT molecular complexity index is 1110. The van der Waals surface area contributed by atoms with Crippen molar-refractivity contribution in [3.05, 3.63) is 95.3 Å². The molecule has 2 aliphatic rings. The molecule has 3 aromatic rings. The van der Waals surface area contributed by atoms with Gasteiger partial charge in [-0.25, -0.2) is 0 Å². The predicted octanol–water partition coefficient (Wildman–Crippen LogP) is 5.35. The van der Waals surface area contributed by atoms with Gasteiger partial charge in [-0.05, 0) is 46.5 Å². The molecule has 0 radical (unpaired) electrons. The molecule has 0 N–H and O–H groups in total. The van der Waals surface area contributed by atoms with E-state index in [9.17, 15) is 13.2 Å². The summed E-state index contributed by atoms with van der Waals surface area (Å²) in [5.41, 5.74) is 5.09. The highest BCUT2D eigenvalue weighted by atomic mass is 19.4. The van der Waals surface area contributed by atoms with Gasteiger partial charge in [0.25, 0.3) is 0 Å². The van der Waals surface area contributed by atoms with E-state index < -0.39 is 11.7 Å². The second kappa shape index (κ2) is 7.53. The molecule has 0 amide bonds. The zero-order chi connectivity index (χ0) is 22.5. The molecule has 2 aromatic carbocycles. The van der Waals surface area contributed by atoms with E-state index in [4.69, 9.17) is 9.47 Å². The molecule has 3 heterocycles. The zero-order valence-electron chi connectivity index (χ0n) is 17.7. The topological polar surface area (TPSA) is 26.6 Å². The van der Waals surface area contributed by atoms with Crippen LogP contribution in [0.25, 0.3) is 11.4 Å². The van der Waals surface area contributed by atoms with E-state index in [-0.39, 0.29) is 5.60 Å². The fraction of sp³-hybridized carbons (Fsp3) is 0.280. The Labute approximate surface area is 184 Å². The summed E-state index contributed by atoms with van der Waals surface area (Å²) >= 11 is 0. The smallest absolute Gasteiger partial charge is 0.375 e. The number of hydrogen-bond acceptors (Lipinski definition) is 3. The van der Waals surface area contributed by atoms with Crippen LogP contribution in [-0.4, -0.2) is 29.8 Å². The molecule has 0 saturated carbocycles. The lowest BCUT2D eigenvalue weighted by Crippen LogP contribution is -2.48. The molecule has 2 aliphatic heterocycles. The first-order chi connectivity index (χ1) is 15.3. The third kappa shape index (κ3) is 3.51. The number of aromatic nitrogens is 1. The second-order valence-electron chi connectivity index (χ2n) is 8.33. The highest BCUT2D eigenvalue weighted by Crippen LogP contribution is 2.36. The van der Waals surface area contributed by atoms with Gasteiger partial charge in [0, 0.05) is 44.0 Å². The van der Waals surface area contributed by atoms with Crippen LogP contribution in [0.5, 0.6) is 0 Å². The molecule has 0 unspecified atom stereocenters. The van der Waals surface area contributed by atoms with Gasteiger partial charge in [-0.15, -0.1) is 0 Å². The Morgan fingerprint density at radius 1 is 0.969 bits per heavy atom. The van der Waals surface area contributed by atoms with Crippen molar-refractivity contribution >= 4 is 5.70 Å². The third-order valence-electron chi connectivity index (χ3n) is 6.40. The zero-order valence-corrected chi connectivity index (χ0v) is 17.7. The van der Waals surface area contributed by atoms with Crippen LogP contribution in [0.3, 0.4) is 0 Å². The van der Waals surface area contributed by atoms with E-state index in [2.05, 4.69) is 35.7 Å². The van der Waals surface area contributed by atoms with Crippen molar-refractivity contribution in [1.29, 1.82) is 0 Å². The van der Waals surface area contributed by atoms with Gasteiger partial charge >= 0.3 is 6.18 Å². The van der Waals surface area contributed by atoms with Gasteiger partial charge in [0.2, 0.25) is 0 Å². The van der Waals surface area contributed by atoms with Crippen LogP contribution in [0, 0.1) is 0 Å². The van der Waals surface area contributed by atoms with Gasteiger partial charge in [0.15, 0.2) is 0 Å². The molecule has 7 heteroatoms. The van der Waals surface area contributed by atoms with Crippen molar-refractivity contribution in [2.24, 2.45) is 0 Å². The molecule has 0 aliphatic carbocycles. The molecule has 0 bridgehead atoms. The van der Waals surface area contributed by atoms with Gasteiger partial charge in [-0.1, -0.05) is 30.8 Å². The minimum Gasteiger partial charge on any atom is -0.375 e. The maximum Gasteiger partial charge on any atom is 0.416 e. The molecule has 1 aromatic heterocycles. The molecule has 1 saturated heterocycles. The molecule has 1 fully saturated rings. The highest BCUT2D eigenvalue weighted by Gasteiger charge is 2.40. The number of benzene rings is 2. The van der Waals surface area contributed by atoms with Crippen LogP contribution in [0.2, 0.25) is 0 Å². The molecule has 0 spiro atoms. The lowest BCUT2D eigenvalue weighted by molar-refractivity contribution is -0.202. The molecule has 0 atom stereocenters. The van der Waals surface area contributed by atoms with Gasteiger partial charge < -0.3 is 18.9 Å². The Hall–Kier alpha value is -3.03. The van der Waals surface area contributed by atoms with Gasteiger partial charge in [-0.3, -0.25) is 0 Å². The summed E-state index contributed by atoms with van der Waals surface area (Å²) in [5.74, 6) is 0. The van der Waals surface area contributed by atoms with Crippen molar-refractivity contribution in [1.82, 2.24) is 9.47 Å². The number of fused-ring (bicyclic) bond motifs is 1. The van der Waals surface area contributed by atoms with Crippen LogP contribution in [0.4, 0.5) is 13.2 Å². The van der Waals surface area contributed by atoms with E-state index >= 15 is 0 Å². The number of alkyl halides is 3. The molecule has 4 nitrogen and oxygen atoms in total. The summed E-state index contributed by atoms with van der Waals surface area (Å²) in [6, 6.07) is 13.5. The first kappa shape index (κ1) is 20.8. The van der Waals surface area contributed by atoms with Crippen LogP contribution >= 0.6 is 0 Å². The van der Waals surface area contributed by atoms with Crippen molar-refractivity contribution in [2.45, 2.75) is 24.9 Å². The Kier molecular flexibility index (Phi) is 4.91. The second-order valence-corrected chi connectivity index (χ2v) is 8.33. The monoisotopic (exact) mass is 440 g/mol. The van der Waals surface area contributed by atoms with E-state index in [1.807, 2.05) is 17.0 Å². The van der Waals surface area contributed by atoms with Crippen LogP contribution in [0.1, 0.15) is 27.8 Å². The number of rotatable bonds is 5. The Morgan fingerprint density at radius 2 is 1.56 bits per heavy atom. The van der Waals surface area contributed by atoms with E-state index in [0.717, 1.165) is 40.1 Å². The summed E-state index contributed by atoms with van der Waals surface area (Å²) < 4.78 is 51.3. The van der Waals surface area contributed by atoms with Crippen molar-refractivity contribution < 1.29 is 22.6 Å². The van der Waals surface area contributed by atoms with Gasteiger partial charge in [0.1, 0.15) is 5.60 Å². The fourth-order valence-corrected chi connectivity index (χ4v) is 4.29. The lowest BCUT2D eigenvalue weighted by atomic mass is 9.91. The molecule has 5 rings (SSSR count). The molecule has 166 valence electrons. The van der Waals surface area contributed by atoms with Gasteiger partial charge in [0.05, 0.1) is 18.8 Å². The molecule has 32 heavy (non-hydrogen) atoms. The number of halogens is 3. The maximum absolute atomic E-state index is 12.8. The van der Waals surface area contributed by atoms with Crippen molar-refractivity contribution in [2.75, 3.05) is 20.3 Å². The van der Waals surface area contributed by atoms with E-state index in [0.29, 0.717) is 32.0 Å². The number of methoxy groups -OCH3 is 1. The standard InChI is InChI=1S/C25H23F3N2O2/c1-17(18-3-5-21(6-4-18)24(31-2)15-32-16-24)29-11-19-13-30(14-20(19)12-29)23-9-7-22(8-10-23)25(26,27)28/h3-10,13-14H,1,11-12,15-16H2,2H3. The van der Waals surface area contributed by atoms with E-state index in [1.54, 1.807) is 7.11 Å². The summed E-state index contributed by atoms with van der Waals surface area (Å²) in [5, 5.41) is 0. The number of hydrogen-bond donors (Lipinski definition) is 0. The third-order valence-corrected chi connectivity index (χ3v) is 6.40. The van der Waals surface area contributed by atoms with Crippen molar-refractivity contribution in [3.8, 4) is 5.69 Å². The largest absolute Gasteiger partial charge is 0.416 e. The van der Waals surface area contributed by atoms with Crippen LogP contribution < -0.4 is 0 Å². The quantitative estimate of drug-likeness (QED) is 0.535. The molecular weight excluding hydrogens is 417 g/mol. The number of ether oxygens (including phenoxy) is 2. The summed E-state index contributed by atoms with van der Waals surface area (Å²) in [6.07, 6.45) is -0.369. The van der Waals surface area contributed by atoms with E-state index in [1.165, 1.54) is 12.1 Å². The van der Waals surface area contributed by atoms with Gasteiger partial charge in [-0.2, -0.15) is 13.2 Å². The summed E-state index contributed by atoms with van der Waals surface area (Å²) in [7, 11) is 1.70. The Morgan fingerprint density at radius 3 is 2.03 bits per heavy atom. The first-order valence-electron chi connectivity index (χ1n) is 10.3. The normalized spacial score (nSPS) is 17.2. The highest BCUT2D eigenvalue weighted by molar-refractivity contribution is 5.63. The fourth-order valence-electron chi connectivity index (χ4n) is 4.29. The average molecular weight is 440 g/mol. The van der Waals surface area contributed by atoms with Crippen LogP contribution in [0.15, 0.2) is 67.5 Å². The SMILES string of the molecule is C=C(c1ccc(C2(OC)COC2)cc1)N1Cc2cn(-c3ccc(C(F)(F)F)cc3)cc2C1. The lowest BCUT2D eigenvalue weighted by Gasteiger charge is -2.40. The summed E-state index contributed by atoms with van der Waals surface area (Å²) in [6.45, 7) is 6.83. The average Bonchev–Trinajstić information content (AvgIpc) is 3.32. The minimum absolute atomic E-state index is 0.345. The summed E-state index contributed by atoms with van der Waals surface area (Å²) in [4.78, 5) is 2.20. The minimum atomic E-state index is -4.33. The predicted molar refractivity (Wildman–Crippen MR) is 115 cm³/mol. The van der Waals surface area contributed by atoms with Crippen molar-refractivity contribution in [3.63, 3.8) is 0 Å². The number of nitrogens with zero attached hydrogens (tertiary/aromatic N) is 2. The Balaban J connectivity index is 1.28. The first-order valence-corrected chi connectivity index (χ1v) is 10.3.